The zero-order valence-electron chi connectivity index (χ0n) is 7.30. The summed E-state index contributed by atoms with van der Waals surface area (Å²) in [7, 11) is 0. The first-order chi connectivity index (χ1) is 6.16. The van der Waals surface area contributed by atoms with Gasteiger partial charge in [0.15, 0.2) is 0 Å². The van der Waals surface area contributed by atoms with Crippen molar-refractivity contribution in [3.8, 4) is 0 Å². The van der Waals surface area contributed by atoms with E-state index in [4.69, 9.17) is 0 Å². The van der Waals surface area contributed by atoms with E-state index in [9.17, 15) is 4.79 Å². The molecule has 68 valence electrons. The van der Waals surface area contributed by atoms with E-state index in [-0.39, 0.29) is 11.9 Å². The van der Waals surface area contributed by atoms with Crippen LogP contribution in [0.1, 0.15) is 23.6 Å². The van der Waals surface area contributed by atoms with Gasteiger partial charge in [-0.2, -0.15) is 0 Å². The normalized spacial score (nSPS) is 20.8. The van der Waals surface area contributed by atoms with Crippen molar-refractivity contribution in [2.24, 2.45) is 0 Å². The average Bonchev–Trinajstić information content (AvgIpc) is 2.00. The number of nitrogens with one attached hydrogen (secondary N) is 1. The maximum absolute atomic E-state index is 10.7. The fourth-order valence-corrected chi connectivity index (χ4v) is 2.23. The number of halogens is 1. The number of carbonyl (C=O) groups is 1. The Bertz CT molecular complexity index is 354. The first kappa shape index (κ1) is 8.75. The summed E-state index contributed by atoms with van der Waals surface area (Å²) in [5.41, 5.74) is 2.39. The molecule has 1 heterocycles. The van der Waals surface area contributed by atoms with E-state index in [0.717, 1.165) is 4.47 Å². The molecule has 1 N–H and O–H groups in total. The number of rotatable bonds is 1. The highest BCUT2D eigenvalue weighted by atomic mass is 79.9. The minimum atomic E-state index is 0.137. The van der Waals surface area contributed by atoms with Crippen molar-refractivity contribution in [1.82, 2.24) is 5.32 Å². The van der Waals surface area contributed by atoms with Crippen LogP contribution in [0.25, 0.3) is 0 Å². The molecule has 3 heteroatoms. The van der Waals surface area contributed by atoms with Gasteiger partial charge in [-0.05, 0) is 24.1 Å². The summed E-state index contributed by atoms with van der Waals surface area (Å²) in [5.74, 6) is 0.137. The van der Waals surface area contributed by atoms with Crippen molar-refractivity contribution < 1.29 is 4.79 Å². The number of amides is 1. The molecule has 0 aliphatic carbocycles. The molecule has 1 fully saturated rings. The van der Waals surface area contributed by atoms with Crippen LogP contribution in [0.3, 0.4) is 0 Å². The lowest BCUT2D eigenvalue weighted by molar-refractivity contribution is -0.128. The summed E-state index contributed by atoms with van der Waals surface area (Å²) in [6.07, 6.45) is 0.613. The molecule has 1 atom stereocenters. The van der Waals surface area contributed by atoms with E-state index in [2.05, 4.69) is 39.4 Å². The molecule has 0 saturated carbocycles. The Morgan fingerprint density at radius 1 is 1.54 bits per heavy atom. The summed E-state index contributed by atoms with van der Waals surface area (Å²) in [6.45, 7) is 2.05. The maximum atomic E-state index is 10.7. The Kier molecular flexibility index (Phi) is 2.12. The van der Waals surface area contributed by atoms with E-state index in [1.165, 1.54) is 11.1 Å². The maximum Gasteiger partial charge on any atom is 0.222 e. The highest BCUT2D eigenvalue weighted by Gasteiger charge is 2.27. The molecule has 1 aliphatic rings. The molecule has 13 heavy (non-hydrogen) atoms. The molecule has 2 rings (SSSR count). The lowest BCUT2D eigenvalue weighted by atomic mass is 9.96. The highest BCUT2D eigenvalue weighted by Crippen LogP contribution is 2.30. The Morgan fingerprint density at radius 3 is 2.77 bits per heavy atom. The van der Waals surface area contributed by atoms with Gasteiger partial charge in [0.2, 0.25) is 5.91 Å². The Balaban J connectivity index is 2.26. The molecule has 0 aromatic heterocycles. The first-order valence-electron chi connectivity index (χ1n) is 4.22. The van der Waals surface area contributed by atoms with Crippen molar-refractivity contribution in [3.63, 3.8) is 0 Å². The molecule has 1 aromatic carbocycles. The van der Waals surface area contributed by atoms with E-state index >= 15 is 0 Å². The zero-order chi connectivity index (χ0) is 9.42. The third kappa shape index (κ3) is 1.61. The van der Waals surface area contributed by atoms with Gasteiger partial charge in [-0.1, -0.05) is 28.1 Å². The number of hydrogen-bond acceptors (Lipinski definition) is 1. The molecule has 1 saturated heterocycles. The predicted molar refractivity (Wildman–Crippen MR) is 54.4 cm³/mol. The van der Waals surface area contributed by atoms with Crippen LogP contribution in [-0.4, -0.2) is 5.91 Å². The standard InChI is InChI=1S/C10H10BrNO/c1-6-2-3-7(8(11)4-6)9-5-10(13)12-9/h2-4,9H,5H2,1H3,(H,12,13). The molecule has 2 nitrogen and oxygen atoms in total. The Morgan fingerprint density at radius 2 is 2.23 bits per heavy atom. The largest absolute Gasteiger partial charge is 0.349 e. The van der Waals surface area contributed by atoms with E-state index < -0.39 is 0 Å². The third-order valence-corrected chi connectivity index (χ3v) is 2.94. The second-order valence-electron chi connectivity index (χ2n) is 3.35. The van der Waals surface area contributed by atoms with Gasteiger partial charge in [0.25, 0.3) is 0 Å². The Labute approximate surface area is 85.5 Å². The van der Waals surface area contributed by atoms with Crippen molar-refractivity contribution in [3.05, 3.63) is 33.8 Å². The SMILES string of the molecule is Cc1ccc(C2CC(=O)N2)c(Br)c1. The fraction of sp³-hybridized carbons (Fsp3) is 0.300. The molecule has 1 aromatic rings. The second kappa shape index (κ2) is 3.14. The minimum absolute atomic E-state index is 0.137. The molecule has 1 amide bonds. The molecule has 0 bridgehead atoms. The van der Waals surface area contributed by atoms with Crippen LogP contribution in [0, 0.1) is 6.92 Å². The van der Waals surface area contributed by atoms with Crippen LogP contribution in [0.5, 0.6) is 0 Å². The summed E-state index contributed by atoms with van der Waals surface area (Å²) in [6, 6.07) is 6.40. The number of aryl methyl sites for hydroxylation is 1. The summed E-state index contributed by atoms with van der Waals surface area (Å²) in [5, 5.41) is 2.85. The van der Waals surface area contributed by atoms with Crippen LogP contribution in [0.4, 0.5) is 0 Å². The van der Waals surface area contributed by atoms with Crippen molar-refractivity contribution in [2.75, 3.05) is 0 Å². The van der Waals surface area contributed by atoms with Crippen molar-refractivity contribution in [2.45, 2.75) is 19.4 Å². The van der Waals surface area contributed by atoms with Gasteiger partial charge >= 0.3 is 0 Å². The van der Waals surface area contributed by atoms with E-state index in [1.54, 1.807) is 0 Å². The zero-order valence-corrected chi connectivity index (χ0v) is 8.89. The lowest BCUT2D eigenvalue weighted by Gasteiger charge is -2.28. The van der Waals surface area contributed by atoms with Crippen molar-refractivity contribution >= 4 is 21.8 Å². The summed E-state index contributed by atoms with van der Waals surface area (Å²) < 4.78 is 1.08. The Hall–Kier alpha value is -0.830. The molecule has 1 unspecified atom stereocenters. The van der Waals surface area contributed by atoms with Gasteiger partial charge in [0.05, 0.1) is 12.5 Å². The number of carbonyl (C=O) groups excluding carboxylic acids is 1. The average molecular weight is 240 g/mol. The van der Waals surface area contributed by atoms with Crippen molar-refractivity contribution in [1.29, 1.82) is 0 Å². The van der Waals surface area contributed by atoms with Gasteiger partial charge in [0, 0.05) is 4.47 Å². The smallest absolute Gasteiger partial charge is 0.222 e. The quantitative estimate of drug-likeness (QED) is 0.750. The molecule has 0 spiro atoms. The fourth-order valence-electron chi connectivity index (χ4n) is 1.46. The molecular weight excluding hydrogens is 230 g/mol. The van der Waals surface area contributed by atoms with Gasteiger partial charge in [-0.15, -0.1) is 0 Å². The second-order valence-corrected chi connectivity index (χ2v) is 4.20. The minimum Gasteiger partial charge on any atom is -0.349 e. The third-order valence-electron chi connectivity index (χ3n) is 2.26. The van der Waals surface area contributed by atoms with Crippen LogP contribution < -0.4 is 5.32 Å². The topological polar surface area (TPSA) is 29.1 Å². The van der Waals surface area contributed by atoms with Crippen LogP contribution in [0.15, 0.2) is 22.7 Å². The highest BCUT2D eigenvalue weighted by molar-refractivity contribution is 9.10. The molecule has 1 aliphatic heterocycles. The summed E-state index contributed by atoms with van der Waals surface area (Å²) in [4.78, 5) is 10.7. The molecule has 0 radical (unpaired) electrons. The summed E-state index contributed by atoms with van der Waals surface area (Å²) >= 11 is 3.49. The van der Waals surface area contributed by atoms with Gasteiger partial charge in [-0.25, -0.2) is 0 Å². The van der Waals surface area contributed by atoms with E-state index in [0.29, 0.717) is 6.42 Å². The predicted octanol–water partition coefficient (Wildman–Crippen LogP) is 2.32. The molecular formula is C10H10BrNO. The number of benzene rings is 1. The first-order valence-corrected chi connectivity index (χ1v) is 5.01. The number of hydrogen-bond donors (Lipinski definition) is 1. The van der Waals surface area contributed by atoms with Crippen LogP contribution >= 0.6 is 15.9 Å². The van der Waals surface area contributed by atoms with Gasteiger partial charge in [0.1, 0.15) is 0 Å². The van der Waals surface area contributed by atoms with Crippen LogP contribution in [-0.2, 0) is 4.79 Å². The lowest BCUT2D eigenvalue weighted by Crippen LogP contribution is -2.41. The monoisotopic (exact) mass is 239 g/mol. The van der Waals surface area contributed by atoms with Crippen LogP contribution in [0.2, 0.25) is 0 Å². The number of β-lactam (4-membered cyclic amide) rings is 1. The van der Waals surface area contributed by atoms with Gasteiger partial charge < -0.3 is 5.32 Å². The van der Waals surface area contributed by atoms with Gasteiger partial charge in [-0.3, -0.25) is 4.79 Å². The van der Waals surface area contributed by atoms with E-state index in [1.807, 2.05) is 6.92 Å².